The number of likely N-dealkylation sites (tertiary alicyclic amines) is 1. The zero-order chi connectivity index (χ0) is 22.7. The number of benzene rings is 2. The van der Waals surface area contributed by atoms with Gasteiger partial charge in [-0.05, 0) is 49.3 Å². The molecule has 2 saturated heterocycles. The third-order valence-electron chi connectivity index (χ3n) is 6.63. The minimum absolute atomic E-state index is 0.00744. The molecule has 4 rings (SSSR count). The van der Waals surface area contributed by atoms with Crippen molar-refractivity contribution in [3.05, 3.63) is 59.9 Å². The molecule has 2 fully saturated rings. The van der Waals surface area contributed by atoms with Crippen LogP contribution in [0, 0.1) is 11.2 Å². The Hall–Kier alpha value is -2.73. The van der Waals surface area contributed by atoms with E-state index in [2.05, 4.69) is 0 Å². The van der Waals surface area contributed by atoms with Crippen molar-refractivity contribution in [2.45, 2.75) is 38.2 Å². The molecule has 0 radical (unpaired) electrons. The largest absolute Gasteiger partial charge is 0.368 e. The molecule has 2 atom stereocenters. The first-order valence-corrected chi connectivity index (χ1v) is 11.4. The van der Waals surface area contributed by atoms with Crippen LogP contribution in [0.2, 0.25) is 0 Å². The van der Waals surface area contributed by atoms with Crippen molar-refractivity contribution >= 4 is 11.8 Å². The molecule has 0 N–H and O–H groups in total. The lowest BCUT2D eigenvalue weighted by Crippen LogP contribution is -2.55. The Labute approximate surface area is 189 Å². The van der Waals surface area contributed by atoms with Crippen molar-refractivity contribution in [3.63, 3.8) is 0 Å². The second-order valence-corrected chi connectivity index (χ2v) is 9.20. The van der Waals surface area contributed by atoms with Crippen LogP contribution in [0.3, 0.4) is 0 Å². The zero-order valence-electron chi connectivity index (χ0n) is 18.9. The van der Waals surface area contributed by atoms with Crippen molar-refractivity contribution in [2.75, 3.05) is 33.8 Å². The minimum atomic E-state index is -0.671. The maximum absolute atomic E-state index is 14.2. The topological polar surface area (TPSA) is 49.9 Å². The minimum Gasteiger partial charge on any atom is -0.368 e. The van der Waals surface area contributed by atoms with E-state index in [1.165, 1.54) is 6.07 Å². The third kappa shape index (κ3) is 4.56. The van der Waals surface area contributed by atoms with Crippen LogP contribution in [0.15, 0.2) is 48.5 Å². The molecule has 0 aliphatic carbocycles. The molecular weight excluding hydrogens is 407 g/mol. The third-order valence-corrected chi connectivity index (χ3v) is 6.63. The summed E-state index contributed by atoms with van der Waals surface area (Å²) in [6, 6.07) is 14.4. The molecule has 0 spiro atoms. The molecule has 2 unspecified atom stereocenters. The van der Waals surface area contributed by atoms with E-state index in [0.29, 0.717) is 31.7 Å². The second kappa shape index (κ2) is 9.41. The smallest absolute Gasteiger partial charge is 0.251 e. The van der Waals surface area contributed by atoms with Gasteiger partial charge < -0.3 is 14.5 Å². The van der Waals surface area contributed by atoms with Crippen molar-refractivity contribution < 1.29 is 18.7 Å². The SMILES string of the molecule is CN(C)C(=O)C1(Cc2ccc(-c3ccccc3F)cc2)CCCN(C(=O)C2CCCO2)C1. The average Bonchev–Trinajstić information content (AvgIpc) is 3.34. The number of amides is 2. The lowest BCUT2D eigenvalue weighted by Gasteiger charge is -2.43. The Morgan fingerprint density at radius 3 is 2.53 bits per heavy atom. The highest BCUT2D eigenvalue weighted by atomic mass is 19.1. The number of halogens is 1. The highest BCUT2D eigenvalue weighted by molar-refractivity contribution is 5.86. The number of hydrogen-bond donors (Lipinski definition) is 0. The van der Waals surface area contributed by atoms with E-state index in [1.807, 2.05) is 35.2 Å². The number of carbonyl (C=O) groups excluding carboxylic acids is 2. The fraction of sp³-hybridized carbons (Fsp3) is 0.462. The van der Waals surface area contributed by atoms with E-state index in [1.54, 1.807) is 31.1 Å². The van der Waals surface area contributed by atoms with Crippen LogP contribution in [0.4, 0.5) is 4.39 Å². The second-order valence-electron chi connectivity index (χ2n) is 9.20. The van der Waals surface area contributed by atoms with E-state index >= 15 is 0 Å². The predicted molar refractivity (Wildman–Crippen MR) is 121 cm³/mol. The van der Waals surface area contributed by atoms with Crippen molar-refractivity contribution in [1.29, 1.82) is 0 Å². The van der Waals surface area contributed by atoms with Crippen molar-refractivity contribution in [3.8, 4) is 11.1 Å². The van der Waals surface area contributed by atoms with E-state index in [0.717, 1.165) is 36.8 Å². The summed E-state index contributed by atoms with van der Waals surface area (Å²) in [6.45, 7) is 1.69. The molecule has 2 heterocycles. The van der Waals surface area contributed by atoms with Crippen molar-refractivity contribution in [2.24, 2.45) is 5.41 Å². The summed E-state index contributed by atoms with van der Waals surface area (Å²) in [5, 5.41) is 0. The van der Waals surface area contributed by atoms with Crippen LogP contribution in [-0.4, -0.2) is 61.5 Å². The molecule has 2 aliphatic heterocycles. The van der Waals surface area contributed by atoms with Crippen LogP contribution in [0.5, 0.6) is 0 Å². The molecule has 0 aromatic heterocycles. The Morgan fingerprint density at radius 2 is 1.88 bits per heavy atom. The molecule has 2 aromatic rings. The number of piperidine rings is 1. The Balaban J connectivity index is 1.57. The molecule has 0 saturated carbocycles. The van der Waals surface area contributed by atoms with Gasteiger partial charge in [0.25, 0.3) is 5.91 Å². The fourth-order valence-electron chi connectivity index (χ4n) is 5.05. The van der Waals surface area contributed by atoms with Crippen molar-refractivity contribution in [1.82, 2.24) is 9.80 Å². The number of carbonyl (C=O) groups is 2. The van der Waals surface area contributed by atoms with E-state index in [9.17, 15) is 14.0 Å². The monoisotopic (exact) mass is 438 g/mol. The lowest BCUT2D eigenvalue weighted by molar-refractivity contribution is -0.151. The Bertz CT molecular complexity index is 969. The first kappa shape index (κ1) is 22.5. The molecule has 0 bridgehead atoms. The summed E-state index contributed by atoms with van der Waals surface area (Å²) in [5.41, 5.74) is 1.70. The molecule has 2 aromatic carbocycles. The summed E-state index contributed by atoms with van der Waals surface area (Å²) in [7, 11) is 3.54. The number of ether oxygens (including phenoxy) is 1. The van der Waals surface area contributed by atoms with E-state index in [-0.39, 0.29) is 23.7 Å². The zero-order valence-corrected chi connectivity index (χ0v) is 18.9. The molecule has 6 heteroatoms. The normalized spacial score (nSPS) is 23.2. The van der Waals surface area contributed by atoms with Gasteiger partial charge in [-0.2, -0.15) is 0 Å². The van der Waals surface area contributed by atoms with Gasteiger partial charge >= 0.3 is 0 Å². The van der Waals surface area contributed by atoms with Crippen LogP contribution in [0.1, 0.15) is 31.2 Å². The quantitative estimate of drug-likeness (QED) is 0.711. The number of nitrogens with zero attached hydrogens (tertiary/aromatic N) is 2. The summed E-state index contributed by atoms with van der Waals surface area (Å²) in [4.78, 5) is 29.8. The van der Waals surface area contributed by atoms with E-state index < -0.39 is 5.41 Å². The van der Waals surface area contributed by atoms with Gasteiger partial charge in [0, 0.05) is 39.4 Å². The summed E-state index contributed by atoms with van der Waals surface area (Å²) >= 11 is 0. The van der Waals surface area contributed by atoms with Gasteiger partial charge in [0.1, 0.15) is 11.9 Å². The summed E-state index contributed by atoms with van der Waals surface area (Å²) < 4.78 is 19.8. The molecule has 32 heavy (non-hydrogen) atoms. The Kier molecular flexibility index (Phi) is 6.60. The first-order chi connectivity index (χ1) is 15.4. The van der Waals surface area contributed by atoms with Crippen LogP contribution in [-0.2, 0) is 20.7 Å². The van der Waals surface area contributed by atoms with Gasteiger partial charge in [-0.1, -0.05) is 42.5 Å². The van der Waals surface area contributed by atoms with Gasteiger partial charge in [-0.15, -0.1) is 0 Å². The molecule has 2 amide bonds. The fourth-order valence-corrected chi connectivity index (χ4v) is 5.05. The predicted octanol–water partition coefficient (Wildman–Crippen LogP) is 3.91. The van der Waals surface area contributed by atoms with Gasteiger partial charge in [0.15, 0.2) is 0 Å². The van der Waals surface area contributed by atoms with Gasteiger partial charge in [-0.3, -0.25) is 9.59 Å². The molecular formula is C26H31FN2O3. The van der Waals surface area contributed by atoms with Crippen LogP contribution in [0.25, 0.3) is 11.1 Å². The lowest BCUT2D eigenvalue weighted by atomic mass is 9.73. The highest BCUT2D eigenvalue weighted by Crippen LogP contribution is 2.37. The van der Waals surface area contributed by atoms with E-state index in [4.69, 9.17) is 4.74 Å². The molecule has 5 nitrogen and oxygen atoms in total. The Morgan fingerprint density at radius 1 is 1.12 bits per heavy atom. The van der Waals surface area contributed by atoms with Crippen LogP contribution < -0.4 is 0 Å². The summed E-state index contributed by atoms with van der Waals surface area (Å²) in [5.74, 6) is -0.205. The standard InChI is InChI=1S/C26H31FN2O3/c1-28(2)25(31)26(14-6-15-29(18-26)24(30)23-9-5-16-32-23)17-19-10-12-20(13-11-19)21-7-3-4-8-22(21)27/h3-4,7-8,10-13,23H,5-6,9,14-18H2,1-2H3. The first-order valence-electron chi connectivity index (χ1n) is 11.4. The average molecular weight is 439 g/mol. The highest BCUT2D eigenvalue weighted by Gasteiger charge is 2.45. The summed E-state index contributed by atoms with van der Waals surface area (Å²) in [6.07, 6.45) is 3.33. The number of rotatable bonds is 5. The maximum Gasteiger partial charge on any atom is 0.251 e. The number of hydrogen-bond acceptors (Lipinski definition) is 3. The molecule has 2 aliphatic rings. The maximum atomic E-state index is 14.2. The van der Waals surface area contributed by atoms with Gasteiger partial charge in [0.05, 0.1) is 5.41 Å². The van der Waals surface area contributed by atoms with Gasteiger partial charge in [0.2, 0.25) is 5.91 Å². The molecule has 170 valence electrons. The van der Waals surface area contributed by atoms with Crippen LogP contribution >= 0.6 is 0 Å². The van der Waals surface area contributed by atoms with Gasteiger partial charge in [-0.25, -0.2) is 4.39 Å².